The van der Waals surface area contributed by atoms with Crippen LogP contribution >= 0.6 is 0 Å². The third-order valence-electron chi connectivity index (χ3n) is 3.97. The number of nitrogens with zero attached hydrogens (tertiary/aromatic N) is 2. The summed E-state index contributed by atoms with van der Waals surface area (Å²) < 4.78 is 11.3. The lowest BCUT2D eigenvalue weighted by atomic mass is 10.2. The summed E-state index contributed by atoms with van der Waals surface area (Å²) in [6.07, 6.45) is 0.0763. The predicted octanol–water partition coefficient (Wildman–Crippen LogP) is 5.38. The zero-order valence-electron chi connectivity index (χ0n) is 16.9. The van der Waals surface area contributed by atoms with Crippen LogP contribution in [-0.2, 0) is 0 Å². The SMILES string of the molecule is COc1ccc(C)cc1Nc1cc(C)nc(Nc2ccccc2OC(C)C)n1. The van der Waals surface area contributed by atoms with Crippen molar-refractivity contribution in [3.8, 4) is 11.5 Å². The molecule has 3 aromatic rings. The van der Waals surface area contributed by atoms with Crippen molar-refractivity contribution in [2.75, 3.05) is 17.7 Å². The van der Waals surface area contributed by atoms with Gasteiger partial charge in [0.2, 0.25) is 5.95 Å². The smallest absolute Gasteiger partial charge is 0.229 e. The first-order chi connectivity index (χ1) is 13.4. The summed E-state index contributed by atoms with van der Waals surface area (Å²) in [5.74, 6) is 2.69. The largest absolute Gasteiger partial charge is 0.495 e. The second kappa shape index (κ2) is 8.61. The molecule has 0 fully saturated rings. The summed E-state index contributed by atoms with van der Waals surface area (Å²) in [6.45, 7) is 7.96. The van der Waals surface area contributed by atoms with Gasteiger partial charge in [0.05, 0.1) is 24.6 Å². The highest BCUT2D eigenvalue weighted by molar-refractivity contribution is 5.67. The summed E-state index contributed by atoms with van der Waals surface area (Å²) in [5, 5.41) is 6.60. The Morgan fingerprint density at radius 2 is 1.64 bits per heavy atom. The number of para-hydroxylation sites is 2. The van der Waals surface area contributed by atoms with Gasteiger partial charge in [0.25, 0.3) is 0 Å². The van der Waals surface area contributed by atoms with Gasteiger partial charge < -0.3 is 20.1 Å². The Hall–Kier alpha value is -3.28. The fourth-order valence-corrected chi connectivity index (χ4v) is 2.79. The normalized spacial score (nSPS) is 10.6. The van der Waals surface area contributed by atoms with Crippen LogP contribution in [0.2, 0.25) is 0 Å². The van der Waals surface area contributed by atoms with E-state index in [-0.39, 0.29) is 6.10 Å². The van der Waals surface area contributed by atoms with Crippen molar-refractivity contribution in [2.24, 2.45) is 0 Å². The molecule has 28 heavy (non-hydrogen) atoms. The van der Waals surface area contributed by atoms with Crippen LogP contribution in [0.25, 0.3) is 0 Å². The first kappa shape index (κ1) is 19.5. The second-order valence-corrected chi connectivity index (χ2v) is 6.83. The molecule has 0 bridgehead atoms. The molecule has 0 unspecified atom stereocenters. The maximum absolute atomic E-state index is 5.87. The molecule has 0 radical (unpaired) electrons. The van der Waals surface area contributed by atoms with Crippen LogP contribution in [0, 0.1) is 13.8 Å². The molecule has 0 aliphatic heterocycles. The van der Waals surface area contributed by atoms with E-state index in [9.17, 15) is 0 Å². The van der Waals surface area contributed by atoms with E-state index >= 15 is 0 Å². The zero-order valence-corrected chi connectivity index (χ0v) is 16.9. The molecule has 0 amide bonds. The summed E-state index contributed by atoms with van der Waals surface area (Å²) in [7, 11) is 1.65. The van der Waals surface area contributed by atoms with E-state index in [1.54, 1.807) is 7.11 Å². The first-order valence-corrected chi connectivity index (χ1v) is 9.24. The number of nitrogens with one attached hydrogen (secondary N) is 2. The summed E-state index contributed by atoms with van der Waals surface area (Å²) in [6, 6.07) is 15.6. The molecule has 6 nitrogen and oxygen atoms in total. The zero-order chi connectivity index (χ0) is 20.1. The third kappa shape index (κ3) is 4.91. The summed E-state index contributed by atoms with van der Waals surface area (Å²) in [5.41, 5.74) is 3.65. The molecule has 0 aliphatic carbocycles. The summed E-state index contributed by atoms with van der Waals surface area (Å²) >= 11 is 0. The Morgan fingerprint density at radius 3 is 2.39 bits per heavy atom. The third-order valence-corrected chi connectivity index (χ3v) is 3.97. The van der Waals surface area contributed by atoms with Crippen LogP contribution in [0.1, 0.15) is 25.1 Å². The quantitative estimate of drug-likeness (QED) is 0.575. The number of hydrogen-bond donors (Lipinski definition) is 2. The minimum atomic E-state index is 0.0763. The van der Waals surface area contributed by atoms with E-state index < -0.39 is 0 Å². The molecule has 0 aliphatic rings. The predicted molar refractivity (Wildman–Crippen MR) is 113 cm³/mol. The Kier molecular flexibility index (Phi) is 5.99. The van der Waals surface area contributed by atoms with Crippen LogP contribution < -0.4 is 20.1 Å². The van der Waals surface area contributed by atoms with Crippen LogP contribution in [0.4, 0.5) is 23.1 Å². The average Bonchev–Trinajstić information content (AvgIpc) is 2.63. The molecule has 6 heteroatoms. The van der Waals surface area contributed by atoms with Gasteiger partial charge in [-0.3, -0.25) is 0 Å². The number of benzene rings is 2. The van der Waals surface area contributed by atoms with Crippen LogP contribution in [0.3, 0.4) is 0 Å². The van der Waals surface area contributed by atoms with Crippen LogP contribution in [0.5, 0.6) is 11.5 Å². The first-order valence-electron chi connectivity index (χ1n) is 9.24. The van der Waals surface area contributed by atoms with Gasteiger partial charge in [0, 0.05) is 11.8 Å². The van der Waals surface area contributed by atoms with E-state index in [1.165, 1.54) is 0 Å². The topological polar surface area (TPSA) is 68.3 Å². The number of rotatable bonds is 7. The number of hydrogen-bond acceptors (Lipinski definition) is 6. The number of methoxy groups -OCH3 is 1. The number of aromatic nitrogens is 2. The van der Waals surface area contributed by atoms with Crippen LogP contribution in [-0.4, -0.2) is 23.2 Å². The van der Waals surface area contributed by atoms with Crippen molar-refractivity contribution in [3.63, 3.8) is 0 Å². The van der Waals surface area contributed by atoms with Crippen molar-refractivity contribution in [3.05, 3.63) is 59.8 Å². The Balaban J connectivity index is 1.88. The van der Waals surface area contributed by atoms with Gasteiger partial charge in [0.1, 0.15) is 17.3 Å². The van der Waals surface area contributed by atoms with Crippen molar-refractivity contribution in [2.45, 2.75) is 33.8 Å². The fraction of sp³-hybridized carbons (Fsp3) is 0.273. The minimum Gasteiger partial charge on any atom is -0.495 e. The van der Waals surface area contributed by atoms with Gasteiger partial charge in [0.15, 0.2) is 0 Å². The molecule has 146 valence electrons. The van der Waals surface area contributed by atoms with Crippen molar-refractivity contribution in [1.82, 2.24) is 9.97 Å². The fourth-order valence-electron chi connectivity index (χ4n) is 2.79. The molecule has 0 atom stereocenters. The molecule has 3 rings (SSSR count). The lowest BCUT2D eigenvalue weighted by Gasteiger charge is -2.16. The molecular formula is C22H26N4O2. The van der Waals surface area contributed by atoms with Gasteiger partial charge in [-0.1, -0.05) is 18.2 Å². The van der Waals surface area contributed by atoms with Gasteiger partial charge in [-0.05, 0) is 57.5 Å². The molecule has 2 N–H and O–H groups in total. The Labute approximate surface area is 166 Å². The lowest BCUT2D eigenvalue weighted by Crippen LogP contribution is -2.08. The van der Waals surface area contributed by atoms with Gasteiger partial charge >= 0.3 is 0 Å². The summed E-state index contributed by atoms with van der Waals surface area (Å²) in [4.78, 5) is 9.11. The Morgan fingerprint density at radius 1 is 0.857 bits per heavy atom. The molecule has 1 aromatic heterocycles. The van der Waals surface area contributed by atoms with E-state index in [0.717, 1.165) is 34.1 Å². The molecule has 1 heterocycles. The average molecular weight is 378 g/mol. The molecule has 0 spiro atoms. The number of anilines is 4. The molecule has 0 saturated heterocycles. The Bertz CT molecular complexity index is 957. The van der Waals surface area contributed by atoms with Crippen LogP contribution in [0.15, 0.2) is 48.5 Å². The molecular weight excluding hydrogens is 352 g/mol. The maximum atomic E-state index is 5.87. The van der Waals surface area contributed by atoms with Gasteiger partial charge in [-0.2, -0.15) is 4.98 Å². The minimum absolute atomic E-state index is 0.0763. The lowest BCUT2D eigenvalue weighted by molar-refractivity contribution is 0.244. The molecule has 2 aromatic carbocycles. The molecule has 0 saturated carbocycles. The van der Waals surface area contributed by atoms with Crippen molar-refractivity contribution in [1.29, 1.82) is 0 Å². The highest BCUT2D eigenvalue weighted by Gasteiger charge is 2.10. The monoisotopic (exact) mass is 378 g/mol. The highest BCUT2D eigenvalue weighted by atomic mass is 16.5. The van der Waals surface area contributed by atoms with E-state index in [0.29, 0.717) is 11.8 Å². The number of ether oxygens (including phenoxy) is 2. The maximum Gasteiger partial charge on any atom is 0.229 e. The van der Waals surface area contributed by atoms with Crippen molar-refractivity contribution >= 4 is 23.1 Å². The standard InChI is InChI=1S/C22H26N4O2/c1-14(2)28-20-9-7-6-8-17(20)25-22-23-16(4)13-21(26-22)24-18-12-15(3)10-11-19(18)27-5/h6-14H,1-5H3,(H2,23,24,25,26). The highest BCUT2D eigenvalue weighted by Crippen LogP contribution is 2.30. The van der Waals surface area contributed by atoms with Gasteiger partial charge in [-0.15, -0.1) is 0 Å². The second-order valence-electron chi connectivity index (χ2n) is 6.83. The van der Waals surface area contributed by atoms with E-state index in [1.807, 2.05) is 76.2 Å². The van der Waals surface area contributed by atoms with Crippen molar-refractivity contribution < 1.29 is 9.47 Å². The number of aryl methyl sites for hydroxylation is 2. The van der Waals surface area contributed by atoms with Gasteiger partial charge in [-0.25, -0.2) is 4.98 Å². The van der Waals surface area contributed by atoms with E-state index in [4.69, 9.17) is 9.47 Å². The van der Waals surface area contributed by atoms with E-state index in [2.05, 4.69) is 20.6 Å².